The largest absolute Gasteiger partial charge is 0.586 e. The number of amides is 1. The number of carbonyl (C=O) groups excluding carboxylic acids is 1. The van der Waals surface area contributed by atoms with Gasteiger partial charge in [0.1, 0.15) is 5.82 Å². The topological polar surface area (TPSA) is 102 Å². The lowest BCUT2D eigenvalue weighted by Crippen LogP contribution is -2.30. The van der Waals surface area contributed by atoms with Crippen molar-refractivity contribution in [2.24, 2.45) is 5.92 Å². The zero-order valence-electron chi connectivity index (χ0n) is 24.3. The first-order valence-electron chi connectivity index (χ1n) is 14.4. The van der Waals surface area contributed by atoms with Crippen LogP contribution >= 0.6 is 0 Å². The second kappa shape index (κ2) is 11.5. The number of aromatic nitrogens is 1. The number of hydrogen-bond acceptors (Lipinski definition) is 6. The summed E-state index contributed by atoms with van der Waals surface area (Å²) in [5.74, 6) is -1.92. The van der Waals surface area contributed by atoms with Gasteiger partial charge in [-0.15, -0.1) is 8.78 Å². The Balaban J connectivity index is 1.43. The number of carbonyl (C=O) groups is 1. The molecule has 0 saturated heterocycles. The van der Waals surface area contributed by atoms with Crippen LogP contribution in [0.25, 0.3) is 22.0 Å². The predicted octanol–water partition coefficient (Wildman–Crippen LogP) is 5.97. The number of anilines is 1. The third-order valence-electron chi connectivity index (χ3n) is 7.91. The van der Waals surface area contributed by atoms with E-state index in [0.717, 1.165) is 5.56 Å². The maximum Gasteiger partial charge on any atom is 0.586 e. The maximum atomic E-state index is 16.1. The summed E-state index contributed by atoms with van der Waals surface area (Å²) in [6.07, 6.45) is -3.66. The molecule has 0 unspecified atom stereocenters. The van der Waals surface area contributed by atoms with Crippen molar-refractivity contribution in [2.45, 2.75) is 57.7 Å². The number of alkyl halides is 2. The van der Waals surface area contributed by atoms with E-state index in [1.165, 1.54) is 24.3 Å². The molecule has 11 heteroatoms. The highest BCUT2D eigenvalue weighted by Gasteiger charge is 2.46. The third kappa shape index (κ3) is 5.99. The summed E-state index contributed by atoms with van der Waals surface area (Å²) in [7, 11) is 0. The van der Waals surface area contributed by atoms with Crippen molar-refractivity contribution in [3.05, 3.63) is 77.7 Å². The van der Waals surface area contributed by atoms with E-state index in [2.05, 4.69) is 10.1 Å². The fraction of sp³-hybridized carbons (Fsp3) is 0.364. The van der Waals surface area contributed by atoms with Gasteiger partial charge < -0.3 is 34.3 Å². The van der Waals surface area contributed by atoms with Crippen LogP contribution in [0.4, 0.5) is 18.9 Å². The first-order valence-corrected chi connectivity index (χ1v) is 14.4. The van der Waals surface area contributed by atoms with Crippen molar-refractivity contribution in [1.29, 1.82) is 0 Å². The van der Waals surface area contributed by atoms with Crippen molar-refractivity contribution < 1.29 is 42.4 Å². The molecule has 8 nitrogen and oxygen atoms in total. The van der Waals surface area contributed by atoms with Crippen molar-refractivity contribution in [2.75, 3.05) is 18.5 Å². The standard InChI is InChI=1S/C33H33F3N2O6/c1-32(2,18-42-17-19-6-4-3-5-7-19)28-13-21-12-23(24(34)14-26(21)38(28)15-22(40)16-39)29-25(37-31(41)20-8-9-20)10-11-27-30(29)44-33(35,36)43-27/h3-7,10-14,20,22,39-40H,8-9,15-18H2,1-2H3,(H,37,41)/t22-/m1/s1. The smallest absolute Gasteiger partial charge is 0.395 e. The molecule has 1 aromatic heterocycles. The Hall–Kier alpha value is -4.06. The molecule has 1 fully saturated rings. The van der Waals surface area contributed by atoms with Gasteiger partial charge in [0.05, 0.1) is 49.2 Å². The Labute approximate surface area is 252 Å². The molecule has 6 rings (SSSR count). The zero-order chi connectivity index (χ0) is 31.2. The minimum Gasteiger partial charge on any atom is -0.395 e. The van der Waals surface area contributed by atoms with Gasteiger partial charge in [0, 0.05) is 28.0 Å². The molecule has 1 amide bonds. The number of halogens is 3. The van der Waals surface area contributed by atoms with Crippen LogP contribution in [0.2, 0.25) is 0 Å². The molecular formula is C33H33F3N2O6. The van der Waals surface area contributed by atoms with Crippen LogP contribution in [0.5, 0.6) is 11.5 Å². The Morgan fingerprint density at radius 2 is 1.89 bits per heavy atom. The van der Waals surface area contributed by atoms with Gasteiger partial charge in [-0.3, -0.25) is 4.79 Å². The molecule has 1 saturated carbocycles. The van der Waals surface area contributed by atoms with E-state index in [1.807, 2.05) is 50.2 Å². The quantitative estimate of drug-likeness (QED) is 0.194. The van der Waals surface area contributed by atoms with Crippen molar-refractivity contribution in [3.63, 3.8) is 0 Å². The molecule has 232 valence electrons. The van der Waals surface area contributed by atoms with Crippen LogP contribution in [0, 0.1) is 11.7 Å². The molecule has 3 N–H and O–H groups in total. The third-order valence-corrected chi connectivity index (χ3v) is 7.91. The van der Waals surface area contributed by atoms with E-state index < -0.39 is 30.2 Å². The lowest BCUT2D eigenvalue weighted by Gasteiger charge is -2.27. The fourth-order valence-corrected chi connectivity index (χ4v) is 5.54. The highest BCUT2D eigenvalue weighted by atomic mass is 19.3. The number of aliphatic hydroxyl groups is 2. The molecule has 1 atom stereocenters. The first kappa shape index (κ1) is 30.0. The normalized spacial score (nSPS) is 16.3. The van der Waals surface area contributed by atoms with Crippen LogP contribution in [-0.4, -0.2) is 46.3 Å². The van der Waals surface area contributed by atoms with Crippen LogP contribution in [0.1, 0.15) is 37.9 Å². The van der Waals surface area contributed by atoms with Crippen LogP contribution in [0.3, 0.4) is 0 Å². The van der Waals surface area contributed by atoms with Crippen molar-refractivity contribution >= 4 is 22.5 Å². The van der Waals surface area contributed by atoms with Gasteiger partial charge >= 0.3 is 6.29 Å². The van der Waals surface area contributed by atoms with Crippen LogP contribution < -0.4 is 14.8 Å². The molecule has 2 aliphatic rings. The van der Waals surface area contributed by atoms with Crippen LogP contribution in [0.15, 0.2) is 60.7 Å². The molecule has 0 bridgehead atoms. The Morgan fingerprint density at radius 3 is 2.59 bits per heavy atom. The van der Waals surface area contributed by atoms with E-state index >= 15 is 4.39 Å². The van der Waals surface area contributed by atoms with Gasteiger partial charge in [0.15, 0.2) is 11.5 Å². The zero-order valence-corrected chi connectivity index (χ0v) is 24.3. The Kier molecular flexibility index (Phi) is 7.81. The van der Waals surface area contributed by atoms with Gasteiger partial charge in [0.2, 0.25) is 5.91 Å². The number of benzene rings is 3. The summed E-state index contributed by atoms with van der Waals surface area (Å²) >= 11 is 0. The first-order chi connectivity index (χ1) is 21.0. The number of nitrogens with zero attached hydrogens (tertiary/aromatic N) is 1. The summed E-state index contributed by atoms with van der Waals surface area (Å²) in [5, 5.41) is 23.3. The highest BCUT2D eigenvalue weighted by Crippen LogP contribution is 2.51. The lowest BCUT2D eigenvalue weighted by molar-refractivity contribution is -0.286. The van der Waals surface area contributed by atoms with E-state index in [1.54, 1.807) is 4.57 Å². The summed E-state index contributed by atoms with van der Waals surface area (Å²) in [4.78, 5) is 12.7. The molecule has 0 spiro atoms. The Bertz CT molecular complexity index is 1700. The van der Waals surface area contributed by atoms with Crippen LogP contribution in [-0.2, 0) is 28.1 Å². The van der Waals surface area contributed by atoms with Crippen molar-refractivity contribution in [3.8, 4) is 22.6 Å². The molecular weight excluding hydrogens is 577 g/mol. The van der Waals surface area contributed by atoms with E-state index in [4.69, 9.17) is 9.47 Å². The summed E-state index contributed by atoms with van der Waals surface area (Å²) in [6.45, 7) is 4.04. The minimum absolute atomic E-state index is 0.0250. The van der Waals surface area contributed by atoms with Gasteiger partial charge in [-0.05, 0) is 48.7 Å². The number of rotatable bonds is 11. The second-order valence-corrected chi connectivity index (χ2v) is 12.0. The average Bonchev–Trinajstić information content (AvgIpc) is 3.71. The van der Waals surface area contributed by atoms with E-state index in [0.29, 0.717) is 36.0 Å². The molecule has 44 heavy (non-hydrogen) atoms. The summed E-state index contributed by atoms with van der Waals surface area (Å²) in [5.41, 5.74) is 1.47. The monoisotopic (exact) mass is 610 g/mol. The molecule has 3 aromatic carbocycles. The van der Waals surface area contributed by atoms with Gasteiger partial charge in [0.25, 0.3) is 0 Å². The summed E-state index contributed by atoms with van der Waals surface area (Å²) < 4.78 is 61.7. The molecule has 1 aliphatic heterocycles. The van der Waals surface area contributed by atoms with E-state index in [-0.39, 0.29) is 53.3 Å². The van der Waals surface area contributed by atoms with Crippen molar-refractivity contribution in [1.82, 2.24) is 4.57 Å². The van der Waals surface area contributed by atoms with Gasteiger partial charge in [-0.1, -0.05) is 44.2 Å². The molecule has 4 aromatic rings. The molecule has 1 aliphatic carbocycles. The maximum absolute atomic E-state index is 16.1. The SMILES string of the molecule is CC(C)(COCc1ccccc1)c1cc2cc(-c3c(NC(=O)C4CC4)ccc4c3OC(F)(F)O4)c(F)cc2n1C[C@@H](O)CO. The number of hydrogen-bond donors (Lipinski definition) is 3. The number of nitrogens with one attached hydrogen (secondary N) is 1. The highest BCUT2D eigenvalue weighted by molar-refractivity contribution is 6.01. The number of ether oxygens (including phenoxy) is 3. The van der Waals surface area contributed by atoms with Gasteiger partial charge in [-0.2, -0.15) is 0 Å². The summed E-state index contributed by atoms with van der Waals surface area (Å²) in [6, 6.07) is 16.9. The fourth-order valence-electron chi connectivity index (χ4n) is 5.54. The lowest BCUT2D eigenvalue weighted by atomic mass is 9.90. The number of aliphatic hydroxyl groups excluding tert-OH is 2. The second-order valence-electron chi connectivity index (χ2n) is 12.0. The van der Waals surface area contributed by atoms with Gasteiger partial charge in [-0.25, -0.2) is 4.39 Å². The Morgan fingerprint density at radius 1 is 1.14 bits per heavy atom. The predicted molar refractivity (Wildman–Crippen MR) is 157 cm³/mol. The van der Waals surface area contributed by atoms with E-state index in [9.17, 15) is 23.8 Å². The number of fused-ring (bicyclic) bond motifs is 2. The average molecular weight is 611 g/mol. The molecule has 0 radical (unpaired) electrons. The molecule has 2 heterocycles. The minimum atomic E-state index is -3.96.